The van der Waals surface area contributed by atoms with Crippen LogP contribution in [0.3, 0.4) is 0 Å². The lowest BCUT2D eigenvalue weighted by Gasteiger charge is -2.46. The van der Waals surface area contributed by atoms with Gasteiger partial charge in [-0.2, -0.15) is 0 Å². The van der Waals surface area contributed by atoms with Gasteiger partial charge in [0.25, 0.3) is 0 Å². The van der Waals surface area contributed by atoms with E-state index in [1.54, 1.807) is 0 Å². The number of nitrogens with zero attached hydrogens (tertiary/aromatic N) is 1. The molecule has 4 nitrogen and oxygen atoms in total. The van der Waals surface area contributed by atoms with E-state index in [-0.39, 0.29) is 11.6 Å². The number of hydrogen-bond acceptors (Lipinski definition) is 4. The normalized spacial score (nSPS) is 35.7. The predicted molar refractivity (Wildman–Crippen MR) is 65.1 cm³/mol. The lowest BCUT2D eigenvalue weighted by atomic mass is 9.84. The van der Waals surface area contributed by atoms with Gasteiger partial charge in [0.15, 0.2) is 0 Å². The standard InChI is InChI=1S/C13H23NO3/c1-2-3-12-10-13(11-15,4-7-17-12)14-5-8-16-9-6-14/h11-12H,2-10H2,1H3. The highest BCUT2D eigenvalue weighted by Gasteiger charge is 2.42. The Hall–Kier alpha value is -0.450. The third kappa shape index (κ3) is 2.87. The lowest BCUT2D eigenvalue weighted by Crippen LogP contribution is -2.58. The van der Waals surface area contributed by atoms with Crippen LogP contribution in [0, 0.1) is 0 Å². The Balaban J connectivity index is 2.03. The largest absolute Gasteiger partial charge is 0.379 e. The molecular weight excluding hydrogens is 218 g/mol. The van der Waals surface area contributed by atoms with Crippen LogP contribution in [0.15, 0.2) is 0 Å². The van der Waals surface area contributed by atoms with Gasteiger partial charge in [0, 0.05) is 19.7 Å². The number of morpholine rings is 1. The lowest BCUT2D eigenvalue weighted by molar-refractivity contribution is -0.137. The van der Waals surface area contributed by atoms with Crippen LogP contribution in [0.4, 0.5) is 0 Å². The molecule has 0 amide bonds. The van der Waals surface area contributed by atoms with Crippen LogP contribution in [0.2, 0.25) is 0 Å². The van der Waals surface area contributed by atoms with Gasteiger partial charge in [-0.1, -0.05) is 13.3 Å². The average Bonchev–Trinajstić information content (AvgIpc) is 2.40. The second kappa shape index (κ2) is 5.94. The summed E-state index contributed by atoms with van der Waals surface area (Å²) in [7, 11) is 0. The van der Waals surface area contributed by atoms with Crippen molar-refractivity contribution in [3.63, 3.8) is 0 Å². The summed E-state index contributed by atoms with van der Waals surface area (Å²) < 4.78 is 11.1. The van der Waals surface area contributed by atoms with Gasteiger partial charge < -0.3 is 14.3 Å². The van der Waals surface area contributed by atoms with Crippen LogP contribution in [0.25, 0.3) is 0 Å². The summed E-state index contributed by atoms with van der Waals surface area (Å²) in [5.74, 6) is 0. The molecule has 0 saturated carbocycles. The molecule has 0 aromatic heterocycles. The van der Waals surface area contributed by atoms with E-state index in [2.05, 4.69) is 11.8 Å². The van der Waals surface area contributed by atoms with Crippen molar-refractivity contribution < 1.29 is 14.3 Å². The zero-order valence-corrected chi connectivity index (χ0v) is 10.7. The van der Waals surface area contributed by atoms with Crippen LogP contribution >= 0.6 is 0 Å². The fraction of sp³-hybridized carbons (Fsp3) is 0.923. The molecular formula is C13H23NO3. The third-order valence-corrected chi connectivity index (χ3v) is 3.94. The minimum Gasteiger partial charge on any atom is -0.379 e. The molecule has 4 heteroatoms. The van der Waals surface area contributed by atoms with E-state index < -0.39 is 0 Å². The molecule has 2 saturated heterocycles. The van der Waals surface area contributed by atoms with E-state index in [0.717, 1.165) is 58.3 Å². The van der Waals surface area contributed by atoms with E-state index in [4.69, 9.17) is 9.47 Å². The molecule has 2 rings (SSSR count). The van der Waals surface area contributed by atoms with Crippen LogP contribution < -0.4 is 0 Å². The van der Waals surface area contributed by atoms with E-state index in [0.29, 0.717) is 6.61 Å². The van der Waals surface area contributed by atoms with Crippen molar-refractivity contribution in [3.05, 3.63) is 0 Å². The number of hydrogen-bond donors (Lipinski definition) is 0. The molecule has 98 valence electrons. The second-order valence-corrected chi connectivity index (χ2v) is 5.06. The summed E-state index contributed by atoms with van der Waals surface area (Å²) >= 11 is 0. The molecule has 0 aromatic rings. The molecule has 0 aromatic carbocycles. The number of carbonyl (C=O) groups excluding carboxylic acids is 1. The monoisotopic (exact) mass is 241 g/mol. The number of ether oxygens (including phenoxy) is 2. The molecule has 2 heterocycles. The van der Waals surface area contributed by atoms with Gasteiger partial charge in [0.2, 0.25) is 0 Å². The Morgan fingerprint density at radius 3 is 2.76 bits per heavy atom. The summed E-state index contributed by atoms with van der Waals surface area (Å²) in [6.45, 7) is 6.11. The zero-order valence-electron chi connectivity index (χ0n) is 10.7. The van der Waals surface area contributed by atoms with E-state index in [9.17, 15) is 4.79 Å². The van der Waals surface area contributed by atoms with Gasteiger partial charge in [-0.05, 0) is 19.3 Å². The predicted octanol–water partition coefficient (Wildman–Crippen LogP) is 1.24. The molecule has 2 unspecified atom stereocenters. The number of aldehydes is 1. The molecule has 2 aliphatic heterocycles. The van der Waals surface area contributed by atoms with Crippen molar-refractivity contribution in [1.82, 2.24) is 4.90 Å². The van der Waals surface area contributed by atoms with Crippen molar-refractivity contribution in [2.75, 3.05) is 32.9 Å². The maximum Gasteiger partial charge on any atom is 0.140 e. The molecule has 0 spiro atoms. The van der Waals surface area contributed by atoms with Crippen molar-refractivity contribution in [3.8, 4) is 0 Å². The van der Waals surface area contributed by atoms with Gasteiger partial charge in [0.1, 0.15) is 6.29 Å². The Morgan fingerprint density at radius 1 is 1.35 bits per heavy atom. The van der Waals surface area contributed by atoms with Gasteiger partial charge in [-0.15, -0.1) is 0 Å². The average molecular weight is 241 g/mol. The molecule has 2 atom stereocenters. The van der Waals surface area contributed by atoms with Crippen molar-refractivity contribution in [1.29, 1.82) is 0 Å². The maximum atomic E-state index is 11.6. The van der Waals surface area contributed by atoms with Crippen molar-refractivity contribution in [2.45, 2.75) is 44.2 Å². The Morgan fingerprint density at radius 2 is 2.12 bits per heavy atom. The maximum absolute atomic E-state index is 11.6. The highest BCUT2D eigenvalue weighted by molar-refractivity contribution is 5.64. The Bertz CT molecular complexity index is 251. The quantitative estimate of drug-likeness (QED) is 0.694. The molecule has 0 bridgehead atoms. The number of carbonyl (C=O) groups is 1. The summed E-state index contributed by atoms with van der Waals surface area (Å²) in [5, 5.41) is 0. The van der Waals surface area contributed by atoms with Crippen LogP contribution in [0.1, 0.15) is 32.6 Å². The summed E-state index contributed by atoms with van der Waals surface area (Å²) in [6, 6.07) is 0. The smallest absolute Gasteiger partial charge is 0.140 e. The van der Waals surface area contributed by atoms with Crippen molar-refractivity contribution in [2.24, 2.45) is 0 Å². The Labute approximate surface area is 103 Å². The highest BCUT2D eigenvalue weighted by Crippen LogP contribution is 2.31. The first kappa shape index (κ1) is 13.0. The van der Waals surface area contributed by atoms with E-state index >= 15 is 0 Å². The molecule has 0 N–H and O–H groups in total. The minimum atomic E-state index is -0.290. The van der Waals surface area contributed by atoms with E-state index in [1.165, 1.54) is 0 Å². The molecule has 2 fully saturated rings. The first-order valence-electron chi connectivity index (χ1n) is 6.71. The first-order chi connectivity index (χ1) is 8.30. The van der Waals surface area contributed by atoms with Crippen LogP contribution in [-0.2, 0) is 14.3 Å². The van der Waals surface area contributed by atoms with Crippen molar-refractivity contribution >= 4 is 6.29 Å². The first-order valence-corrected chi connectivity index (χ1v) is 6.71. The van der Waals surface area contributed by atoms with Gasteiger partial charge in [-0.3, -0.25) is 4.90 Å². The van der Waals surface area contributed by atoms with Gasteiger partial charge in [0.05, 0.1) is 24.9 Å². The van der Waals surface area contributed by atoms with Crippen LogP contribution in [0.5, 0.6) is 0 Å². The summed E-state index contributed by atoms with van der Waals surface area (Å²) in [6.07, 6.45) is 5.26. The molecule has 2 aliphatic rings. The summed E-state index contributed by atoms with van der Waals surface area (Å²) in [4.78, 5) is 13.9. The van der Waals surface area contributed by atoms with E-state index in [1.807, 2.05) is 0 Å². The zero-order chi connectivity index (χ0) is 12.1. The molecule has 0 aliphatic carbocycles. The Kier molecular flexibility index (Phi) is 4.54. The number of rotatable bonds is 4. The van der Waals surface area contributed by atoms with Crippen LogP contribution in [-0.4, -0.2) is 55.7 Å². The molecule has 17 heavy (non-hydrogen) atoms. The third-order valence-electron chi connectivity index (χ3n) is 3.94. The summed E-state index contributed by atoms with van der Waals surface area (Å²) in [5.41, 5.74) is -0.290. The fourth-order valence-electron chi connectivity index (χ4n) is 2.94. The SMILES string of the molecule is CCCC1CC(C=O)(N2CCOCC2)CCO1. The van der Waals surface area contributed by atoms with Gasteiger partial charge in [-0.25, -0.2) is 0 Å². The van der Waals surface area contributed by atoms with Gasteiger partial charge >= 0.3 is 0 Å². The minimum absolute atomic E-state index is 0.252. The molecule has 0 radical (unpaired) electrons. The highest BCUT2D eigenvalue weighted by atomic mass is 16.5. The second-order valence-electron chi connectivity index (χ2n) is 5.06. The fourth-order valence-corrected chi connectivity index (χ4v) is 2.94. The topological polar surface area (TPSA) is 38.8 Å².